The first-order valence-corrected chi connectivity index (χ1v) is 7.85. The zero-order valence-electron chi connectivity index (χ0n) is 13.9. The Hall–Kier alpha value is -2.28. The topological polar surface area (TPSA) is 85.3 Å². The second-order valence-electron chi connectivity index (χ2n) is 6.12. The lowest BCUT2D eigenvalue weighted by Gasteiger charge is -2.28. The van der Waals surface area contributed by atoms with Crippen molar-refractivity contribution in [2.45, 2.75) is 25.0 Å². The van der Waals surface area contributed by atoms with Gasteiger partial charge in [-0.3, -0.25) is 9.59 Å². The minimum atomic E-state index is -0.971. The summed E-state index contributed by atoms with van der Waals surface area (Å²) in [6.07, 6.45) is 0.752. The molecule has 0 spiro atoms. The monoisotopic (exact) mass is 335 g/mol. The summed E-state index contributed by atoms with van der Waals surface area (Å²) < 4.78 is 16.1. The molecule has 2 heterocycles. The van der Waals surface area contributed by atoms with Crippen LogP contribution in [0.4, 0.5) is 5.69 Å². The summed E-state index contributed by atoms with van der Waals surface area (Å²) in [5.41, 5.74) is 0.615. The summed E-state index contributed by atoms with van der Waals surface area (Å²) in [7, 11) is 4.69. The van der Waals surface area contributed by atoms with Gasteiger partial charge in [0.2, 0.25) is 5.91 Å². The minimum absolute atomic E-state index is 0.248. The average molecular weight is 335 g/mol. The number of rotatable bonds is 5. The molecule has 1 amide bonds. The molecule has 4 atom stereocenters. The first-order valence-electron chi connectivity index (χ1n) is 7.85. The van der Waals surface area contributed by atoms with Gasteiger partial charge in [0.05, 0.1) is 38.3 Å². The highest BCUT2D eigenvalue weighted by atomic mass is 16.5. The van der Waals surface area contributed by atoms with Crippen molar-refractivity contribution < 1.29 is 28.9 Å². The van der Waals surface area contributed by atoms with Crippen LogP contribution in [0.2, 0.25) is 0 Å². The second kappa shape index (κ2) is 6.32. The molecule has 2 bridgehead atoms. The normalized spacial score (nSPS) is 27.8. The number of hydrogen-bond acceptors (Lipinski definition) is 5. The maximum absolute atomic E-state index is 12.9. The molecule has 2 saturated heterocycles. The van der Waals surface area contributed by atoms with E-state index in [0.29, 0.717) is 23.6 Å². The largest absolute Gasteiger partial charge is 0.493 e. The zero-order valence-corrected chi connectivity index (χ0v) is 13.9. The number of carboxylic acid groups (broad SMARTS) is 1. The molecular formula is C17H21NO6. The Labute approximate surface area is 140 Å². The Morgan fingerprint density at radius 3 is 2.33 bits per heavy atom. The zero-order chi connectivity index (χ0) is 17.4. The Balaban J connectivity index is 1.85. The smallest absolute Gasteiger partial charge is 0.310 e. The summed E-state index contributed by atoms with van der Waals surface area (Å²) in [5, 5.41) is 9.47. The van der Waals surface area contributed by atoms with Crippen molar-refractivity contribution in [3.8, 4) is 11.5 Å². The minimum Gasteiger partial charge on any atom is -0.493 e. The number of hydrogen-bond donors (Lipinski definition) is 1. The van der Waals surface area contributed by atoms with Crippen molar-refractivity contribution in [2.75, 3.05) is 26.2 Å². The fourth-order valence-corrected chi connectivity index (χ4v) is 3.69. The van der Waals surface area contributed by atoms with Gasteiger partial charge in [-0.15, -0.1) is 0 Å². The first-order chi connectivity index (χ1) is 11.5. The molecule has 1 aromatic rings. The lowest BCUT2D eigenvalue weighted by Crippen LogP contribution is -2.44. The van der Waals surface area contributed by atoms with Crippen LogP contribution in [0, 0.1) is 11.8 Å². The van der Waals surface area contributed by atoms with Crippen LogP contribution in [0.3, 0.4) is 0 Å². The van der Waals surface area contributed by atoms with Gasteiger partial charge in [0.1, 0.15) is 0 Å². The maximum atomic E-state index is 12.9. The van der Waals surface area contributed by atoms with Crippen LogP contribution < -0.4 is 14.4 Å². The van der Waals surface area contributed by atoms with Crippen LogP contribution >= 0.6 is 0 Å². The number of carbonyl (C=O) groups is 2. The van der Waals surface area contributed by atoms with E-state index in [2.05, 4.69) is 0 Å². The molecule has 7 heteroatoms. The number of benzene rings is 1. The van der Waals surface area contributed by atoms with Gasteiger partial charge in [0, 0.05) is 18.8 Å². The van der Waals surface area contributed by atoms with Gasteiger partial charge < -0.3 is 24.2 Å². The summed E-state index contributed by atoms with van der Waals surface area (Å²) in [5.74, 6) is -1.58. The third-order valence-corrected chi connectivity index (χ3v) is 4.93. The quantitative estimate of drug-likeness (QED) is 0.879. The molecule has 130 valence electrons. The van der Waals surface area contributed by atoms with Crippen molar-refractivity contribution in [3.63, 3.8) is 0 Å². The predicted octanol–water partition coefficient (Wildman–Crippen LogP) is 1.54. The third kappa shape index (κ3) is 2.58. The molecule has 2 aliphatic heterocycles. The summed E-state index contributed by atoms with van der Waals surface area (Å²) in [6, 6.07) is 5.15. The number of carboxylic acids is 1. The van der Waals surface area contributed by atoms with E-state index in [1.807, 2.05) is 0 Å². The van der Waals surface area contributed by atoms with E-state index in [4.69, 9.17) is 14.2 Å². The summed E-state index contributed by atoms with van der Waals surface area (Å²) in [4.78, 5) is 25.9. The van der Waals surface area contributed by atoms with E-state index < -0.39 is 17.8 Å². The van der Waals surface area contributed by atoms with Gasteiger partial charge in [0.25, 0.3) is 0 Å². The van der Waals surface area contributed by atoms with E-state index in [1.165, 1.54) is 19.1 Å². The van der Waals surface area contributed by atoms with Crippen LogP contribution in [0.25, 0.3) is 0 Å². The van der Waals surface area contributed by atoms with E-state index >= 15 is 0 Å². The molecule has 4 unspecified atom stereocenters. The molecular weight excluding hydrogens is 314 g/mol. The number of nitrogens with zero attached hydrogens (tertiary/aromatic N) is 1. The fraction of sp³-hybridized carbons (Fsp3) is 0.529. The number of anilines is 1. The molecule has 1 aromatic carbocycles. The van der Waals surface area contributed by atoms with Gasteiger partial charge in [-0.25, -0.2) is 0 Å². The standard InChI is InChI=1S/C17H21NO6/c1-18(9-4-5-10(22-2)13(8-9)23-3)16(19)14-11-6-7-12(24-11)15(14)17(20)21/h4-5,8,11-12,14-15H,6-7H2,1-3H3,(H,20,21). The molecule has 0 saturated carbocycles. The van der Waals surface area contributed by atoms with Crippen LogP contribution in [-0.2, 0) is 14.3 Å². The van der Waals surface area contributed by atoms with Gasteiger partial charge in [-0.1, -0.05) is 0 Å². The number of ether oxygens (including phenoxy) is 3. The van der Waals surface area contributed by atoms with Gasteiger partial charge in [-0.05, 0) is 25.0 Å². The highest BCUT2D eigenvalue weighted by Gasteiger charge is 2.56. The number of methoxy groups -OCH3 is 2. The van der Waals surface area contributed by atoms with Gasteiger partial charge in [0.15, 0.2) is 11.5 Å². The lowest BCUT2D eigenvalue weighted by atomic mass is 9.78. The molecule has 0 aromatic heterocycles. The fourth-order valence-electron chi connectivity index (χ4n) is 3.69. The maximum Gasteiger partial charge on any atom is 0.310 e. The highest BCUT2D eigenvalue weighted by molar-refractivity contribution is 5.98. The van der Waals surface area contributed by atoms with E-state index in [0.717, 1.165) is 6.42 Å². The number of fused-ring (bicyclic) bond motifs is 2. The number of carbonyl (C=O) groups excluding carboxylic acids is 1. The Morgan fingerprint density at radius 2 is 1.75 bits per heavy atom. The second-order valence-corrected chi connectivity index (χ2v) is 6.12. The van der Waals surface area contributed by atoms with Crippen LogP contribution in [-0.4, -0.2) is 50.5 Å². The van der Waals surface area contributed by atoms with Crippen LogP contribution in [0.15, 0.2) is 18.2 Å². The van der Waals surface area contributed by atoms with Gasteiger partial charge >= 0.3 is 5.97 Å². The average Bonchev–Trinajstić information content (AvgIpc) is 3.20. The van der Waals surface area contributed by atoms with Gasteiger partial charge in [-0.2, -0.15) is 0 Å². The molecule has 0 aliphatic carbocycles. The van der Waals surface area contributed by atoms with E-state index in [1.54, 1.807) is 25.2 Å². The Bertz CT molecular complexity index is 660. The Morgan fingerprint density at radius 1 is 1.12 bits per heavy atom. The molecule has 1 N–H and O–H groups in total. The van der Waals surface area contributed by atoms with Crippen molar-refractivity contribution >= 4 is 17.6 Å². The number of amides is 1. The first kappa shape index (κ1) is 16.6. The Kier molecular flexibility index (Phi) is 4.36. The SMILES string of the molecule is COc1ccc(N(C)C(=O)C2C3CCC(O3)C2C(=O)O)cc1OC. The van der Waals surface area contributed by atoms with E-state index in [9.17, 15) is 14.7 Å². The number of aliphatic carboxylic acids is 1. The lowest BCUT2D eigenvalue weighted by molar-refractivity contribution is -0.147. The molecule has 7 nitrogen and oxygen atoms in total. The van der Waals surface area contributed by atoms with Crippen molar-refractivity contribution in [1.29, 1.82) is 0 Å². The van der Waals surface area contributed by atoms with Crippen molar-refractivity contribution in [3.05, 3.63) is 18.2 Å². The van der Waals surface area contributed by atoms with Crippen molar-refractivity contribution in [2.24, 2.45) is 11.8 Å². The molecule has 3 rings (SSSR count). The molecule has 2 fully saturated rings. The predicted molar refractivity (Wildman–Crippen MR) is 85.5 cm³/mol. The summed E-state index contributed by atoms with van der Waals surface area (Å²) in [6.45, 7) is 0. The van der Waals surface area contributed by atoms with Crippen LogP contribution in [0.5, 0.6) is 11.5 Å². The molecule has 24 heavy (non-hydrogen) atoms. The van der Waals surface area contributed by atoms with Crippen LogP contribution in [0.1, 0.15) is 12.8 Å². The summed E-state index contributed by atoms with van der Waals surface area (Å²) >= 11 is 0. The molecule has 2 aliphatic rings. The van der Waals surface area contributed by atoms with Crippen molar-refractivity contribution in [1.82, 2.24) is 0 Å². The molecule has 0 radical (unpaired) electrons. The highest BCUT2D eigenvalue weighted by Crippen LogP contribution is 2.45. The van der Waals surface area contributed by atoms with E-state index in [-0.39, 0.29) is 18.1 Å². The third-order valence-electron chi connectivity index (χ3n) is 4.93.